The summed E-state index contributed by atoms with van der Waals surface area (Å²) in [5.41, 5.74) is 7.06. The molecule has 2 N–H and O–H groups in total. The molecule has 4 nitrogen and oxygen atoms in total. The monoisotopic (exact) mass is 289 g/mol. The van der Waals surface area contributed by atoms with E-state index in [-0.39, 0.29) is 11.9 Å². The average molecular weight is 289 g/mol. The number of hydrogen-bond acceptors (Lipinski definition) is 3. The fourth-order valence-corrected chi connectivity index (χ4v) is 2.73. The Morgan fingerprint density at radius 1 is 1.19 bits per heavy atom. The van der Waals surface area contributed by atoms with Gasteiger partial charge < -0.3 is 10.6 Å². The zero-order valence-corrected chi connectivity index (χ0v) is 13.0. The van der Waals surface area contributed by atoms with Gasteiger partial charge in [-0.15, -0.1) is 0 Å². The minimum absolute atomic E-state index is 0.195. The Kier molecular flexibility index (Phi) is 6.21. The zero-order valence-electron chi connectivity index (χ0n) is 13.0. The van der Waals surface area contributed by atoms with Gasteiger partial charge in [-0.05, 0) is 25.3 Å². The van der Waals surface area contributed by atoms with Crippen LogP contribution in [0.4, 0.5) is 0 Å². The second-order valence-corrected chi connectivity index (χ2v) is 6.01. The molecule has 0 saturated carbocycles. The largest absolute Gasteiger partial charge is 0.340 e. The van der Waals surface area contributed by atoms with Crippen molar-refractivity contribution in [1.29, 1.82) is 0 Å². The molecule has 1 heterocycles. The summed E-state index contributed by atoms with van der Waals surface area (Å²) in [7, 11) is 0. The van der Waals surface area contributed by atoms with Crippen LogP contribution in [-0.2, 0) is 11.3 Å². The summed E-state index contributed by atoms with van der Waals surface area (Å²) < 4.78 is 0. The number of nitrogens with zero attached hydrogens (tertiary/aromatic N) is 2. The minimum Gasteiger partial charge on any atom is -0.340 e. The van der Waals surface area contributed by atoms with Crippen LogP contribution < -0.4 is 5.73 Å². The van der Waals surface area contributed by atoms with Crippen LogP contribution in [-0.4, -0.2) is 47.9 Å². The maximum absolute atomic E-state index is 12.1. The van der Waals surface area contributed by atoms with Crippen LogP contribution in [0.1, 0.15) is 31.7 Å². The zero-order chi connectivity index (χ0) is 15.1. The van der Waals surface area contributed by atoms with Crippen molar-refractivity contribution in [3.63, 3.8) is 0 Å². The molecule has 1 aliphatic rings. The number of amides is 1. The van der Waals surface area contributed by atoms with Crippen LogP contribution >= 0.6 is 0 Å². The van der Waals surface area contributed by atoms with Crippen molar-refractivity contribution in [2.75, 3.05) is 26.2 Å². The van der Waals surface area contributed by atoms with E-state index in [0.29, 0.717) is 6.42 Å². The number of carbonyl (C=O) groups excluding carboxylic acids is 1. The lowest BCUT2D eigenvalue weighted by Crippen LogP contribution is -2.48. The quantitative estimate of drug-likeness (QED) is 0.869. The van der Waals surface area contributed by atoms with Gasteiger partial charge in [-0.1, -0.05) is 30.3 Å². The molecule has 0 aromatic heterocycles. The second-order valence-electron chi connectivity index (χ2n) is 6.01. The summed E-state index contributed by atoms with van der Waals surface area (Å²) in [6, 6.07) is 10.7. The fraction of sp³-hybridized carbons (Fsp3) is 0.588. The highest BCUT2D eigenvalue weighted by molar-refractivity contribution is 5.76. The number of piperazine rings is 1. The number of rotatable bonds is 6. The Hall–Kier alpha value is -1.39. The molecular formula is C17H27N3O. The maximum Gasteiger partial charge on any atom is 0.222 e. The van der Waals surface area contributed by atoms with E-state index in [0.717, 1.165) is 45.6 Å². The van der Waals surface area contributed by atoms with E-state index in [1.807, 2.05) is 17.9 Å². The highest BCUT2D eigenvalue weighted by Crippen LogP contribution is 2.10. The van der Waals surface area contributed by atoms with E-state index < -0.39 is 0 Å². The normalized spacial score (nSPS) is 17.7. The number of carbonyl (C=O) groups is 1. The van der Waals surface area contributed by atoms with Gasteiger partial charge in [-0.3, -0.25) is 9.69 Å². The van der Waals surface area contributed by atoms with Crippen molar-refractivity contribution >= 4 is 5.91 Å². The third-order valence-electron chi connectivity index (χ3n) is 4.02. The summed E-state index contributed by atoms with van der Waals surface area (Å²) in [5.74, 6) is 0.287. The van der Waals surface area contributed by atoms with Crippen molar-refractivity contribution in [2.24, 2.45) is 5.73 Å². The SMILES string of the molecule is CC(N)CCCC(=O)N1CCN(Cc2ccccc2)CC1. The van der Waals surface area contributed by atoms with Crippen LogP contribution in [0.25, 0.3) is 0 Å². The lowest BCUT2D eigenvalue weighted by Gasteiger charge is -2.34. The highest BCUT2D eigenvalue weighted by atomic mass is 16.2. The Morgan fingerprint density at radius 3 is 2.48 bits per heavy atom. The molecule has 1 amide bonds. The Labute approximate surface area is 127 Å². The van der Waals surface area contributed by atoms with Crippen molar-refractivity contribution < 1.29 is 4.79 Å². The van der Waals surface area contributed by atoms with E-state index >= 15 is 0 Å². The van der Waals surface area contributed by atoms with Crippen molar-refractivity contribution in [3.8, 4) is 0 Å². The number of nitrogens with two attached hydrogens (primary N) is 1. The maximum atomic E-state index is 12.1. The van der Waals surface area contributed by atoms with E-state index in [1.54, 1.807) is 0 Å². The lowest BCUT2D eigenvalue weighted by atomic mass is 10.1. The molecule has 1 unspecified atom stereocenters. The van der Waals surface area contributed by atoms with Gasteiger partial charge in [0.25, 0.3) is 0 Å². The Morgan fingerprint density at radius 2 is 1.86 bits per heavy atom. The highest BCUT2D eigenvalue weighted by Gasteiger charge is 2.20. The van der Waals surface area contributed by atoms with E-state index in [2.05, 4.69) is 29.2 Å². The van der Waals surface area contributed by atoms with Gasteiger partial charge >= 0.3 is 0 Å². The van der Waals surface area contributed by atoms with E-state index in [1.165, 1.54) is 5.56 Å². The van der Waals surface area contributed by atoms with Crippen LogP contribution in [0, 0.1) is 0 Å². The molecule has 1 fully saturated rings. The fourth-order valence-electron chi connectivity index (χ4n) is 2.73. The van der Waals surface area contributed by atoms with Gasteiger partial charge in [0, 0.05) is 45.2 Å². The molecule has 21 heavy (non-hydrogen) atoms. The molecule has 1 atom stereocenters. The standard InChI is InChI=1S/C17H27N3O/c1-15(18)6-5-9-17(21)20-12-10-19(11-13-20)14-16-7-3-2-4-8-16/h2-4,7-8,15H,5-6,9-14,18H2,1H3. The minimum atomic E-state index is 0.195. The smallest absolute Gasteiger partial charge is 0.222 e. The number of hydrogen-bond donors (Lipinski definition) is 1. The predicted molar refractivity (Wildman–Crippen MR) is 85.8 cm³/mol. The molecule has 0 radical (unpaired) electrons. The van der Waals surface area contributed by atoms with Crippen molar-refractivity contribution in [1.82, 2.24) is 9.80 Å². The van der Waals surface area contributed by atoms with E-state index in [4.69, 9.17) is 5.73 Å². The first-order chi connectivity index (χ1) is 10.1. The molecule has 1 aromatic carbocycles. The van der Waals surface area contributed by atoms with Crippen LogP contribution in [0.2, 0.25) is 0 Å². The van der Waals surface area contributed by atoms with Gasteiger partial charge in [0.05, 0.1) is 0 Å². The summed E-state index contributed by atoms with van der Waals surface area (Å²) >= 11 is 0. The first-order valence-electron chi connectivity index (χ1n) is 7.95. The van der Waals surface area contributed by atoms with Crippen LogP contribution in [0.3, 0.4) is 0 Å². The first kappa shape index (κ1) is 16.0. The van der Waals surface area contributed by atoms with Gasteiger partial charge in [-0.25, -0.2) is 0 Å². The first-order valence-corrected chi connectivity index (χ1v) is 7.95. The third-order valence-corrected chi connectivity index (χ3v) is 4.02. The average Bonchev–Trinajstić information content (AvgIpc) is 2.48. The van der Waals surface area contributed by atoms with Gasteiger partial charge in [0.2, 0.25) is 5.91 Å². The van der Waals surface area contributed by atoms with Gasteiger partial charge in [0.15, 0.2) is 0 Å². The Bertz CT molecular complexity index is 425. The van der Waals surface area contributed by atoms with Crippen LogP contribution in [0.5, 0.6) is 0 Å². The lowest BCUT2D eigenvalue weighted by molar-refractivity contribution is -0.133. The predicted octanol–water partition coefficient (Wildman–Crippen LogP) is 1.85. The molecule has 1 aliphatic heterocycles. The molecule has 0 bridgehead atoms. The molecular weight excluding hydrogens is 262 g/mol. The molecule has 1 aromatic rings. The summed E-state index contributed by atoms with van der Waals surface area (Å²) in [5, 5.41) is 0. The van der Waals surface area contributed by atoms with Gasteiger partial charge in [0.1, 0.15) is 0 Å². The topological polar surface area (TPSA) is 49.6 Å². The molecule has 1 saturated heterocycles. The second kappa shape index (κ2) is 8.15. The summed E-state index contributed by atoms with van der Waals surface area (Å²) in [6.45, 7) is 6.61. The van der Waals surface area contributed by atoms with Crippen molar-refractivity contribution in [2.45, 2.75) is 38.8 Å². The molecule has 0 aliphatic carbocycles. The van der Waals surface area contributed by atoms with E-state index in [9.17, 15) is 4.79 Å². The van der Waals surface area contributed by atoms with Crippen LogP contribution in [0.15, 0.2) is 30.3 Å². The molecule has 4 heteroatoms. The molecule has 116 valence electrons. The molecule has 0 spiro atoms. The van der Waals surface area contributed by atoms with Gasteiger partial charge in [-0.2, -0.15) is 0 Å². The molecule has 2 rings (SSSR count). The summed E-state index contributed by atoms with van der Waals surface area (Å²) in [6.07, 6.45) is 2.47. The third kappa shape index (κ3) is 5.48. The Balaban J connectivity index is 1.69. The van der Waals surface area contributed by atoms with Crippen molar-refractivity contribution in [3.05, 3.63) is 35.9 Å². The number of benzene rings is 1. The summed E-state index contributed by atoms with van der Waals surface area (Å²) in [4.78, 5) is 16.5.